The Bertz CT molecular complexity index is 1060. The molecule has 2 aromatic rings. The van der Waals surface area contributed by atoms with Crippen LogP contribution in [-0.4, -0.2) is 35.7 Å². The summed E-state index contributed by atoms with van der Waals surface area (Å²) in [6, 6.07) is 6.27. The lowest BCUT2D eigenvalue weighted by Gasteiger charge is -2.24. The zero-order valence-corrected chi connectivity index (χ0v) is 17.2. The summed E-state index contributed by atoms with van der Waals surface area (Å²) in [6.45, 7) is 2.00. The van der Waals surface area contributed by atoms with Crippen LogP contribution in [0.5, 0.6) is 0 Å². The molecule has 3 rings (SSSR count). The largest absolute Gasteiger partial charge is 0.465 e. The van der Waals surface area contributed by atoms with Crippen LogP contribution in [0.2, 0.25) is 0 Å². The molecule has 0 saturated heterocycles. The molecule has 164 valence electrons. The van der Waals surface area contributed by atoms with Gasteiger partial charge < -0.3 is 9.64 Å². The third-order valence-corrected chi connectivity index (χ3v) is 5.94. The Hall–Kier alpha value is -3.08. The third kappa shape index (κ3) is 4.82. The van der Waals surface area contributed by atoms with Crippen LogP contribution >= 0.6 is 11.8 Å². The minimum atomic E-state index is -4.60. The zero-order valence-electron chi connectivity index (χ0n) is 16.4. The number of nitro benzene ring substituents is 1. The highest BCUT2D eigenvalue weighted by Crippen LogP contribution is 2.41. The van der Waals surface area contributed by atoms with Crippen LogP contribution in [0.4, 0.5) is 24.5 Å². The smallest absolute Gasteiger partial charge is 0.416 e. The molecular formula is C20H17F3N2O5S. The molecule has 7 nitrogen and oxygen atoms in total. The van der Waals surface area contributed by atoms with Gasteiger partial charge in [-0.1, -0.05) is 6.92 Å². The quantitative estimate of drug-likeness (QED) is 0.371. The first kappa shape index (κ1) is 22.6. The monoisotopic (exact) mass is 454 g/mol. The maximum Gasteiger partial charge on any atom is 0.416 e. The fraction of sp³-hybridized carbons (Fsp3) is 0.300. The molecule has 1 unspecified atom stereocenters. The van der Waals surface area contributed by atoms with Crippen molar-refractivity contribution in [3.8, 4) is 0 Å². The van der Waals surface area contributed by atoms with Crippen molar-refractivity contribution in [2.45, 2.75) is 29.7 Å². The van der Waals surface area contributed by atoms with Crippen molar-refractivity contribution in [1.82, 2.24) is 0 Å². The lowest BCUT2D eigenvalue weighted by Crippen LogP contribution is -2.32. The van der Waals surface area contributed by atoms with Gasteiger partial charge in [-0.25, -0.2) is 4.79 Å². The Balaban J connectivity index is 2.12. The summed E-state index contributed by atoms with van der Waals surface area (Å²) in [5.41, 5.74) is -1.75. The number of carbonyl (C=O) groups is 2. The molecule has 0 fully saturated rings. The zero-order chi connectivity index (χ0) is 22.9. The van der Waals surface area contributed by atoms with Gasteiger partial charge in [0.25, 0.3) is 11.6 Å². The number of methoxy groups -OCH3 is 1. The second-order valence-electron chi connectivity index (χ2n) is 6.87. The number of anilines is 1. The fourth-order valence-corrected chi connectivity index (χ4v) is 4.25. The summed E-state index contributed by atoms with van der Waals surface area (Å²) >= 11 is 1.34. The van der Waals surface area contributed by atoms with Crippen LogP contribution in [0.15, 0.2) is 41.3 Å². The van der Waals surface area contributed by atoms with E-state index in [0.29, 0.717) is 11.3 Å². The summed E-state index contributed by atoms with van der Waals surface area (Å²) in [4.78, 5) is 37.3. The van der Waals surface area contributed by atoms with E-state index in [0.717, 1.165) is 37.4 Å². The number of amides is 1. The Morgan fingerprint density at radius 2 is 1.87 bits per heavy atom. The number of rotatable bonds is 3. The second-order valence-corrected chi connectivity index (χ2v) is 8.35. The number of hydrogen-bond donors (Lipinski definition) is 0. The Morgan fingerprint density at radius 3 is 2.48 bits per heavy atom. The molecule has 0 aromatic heterocycles. The molecule has 0 saturated carbocycles. The number of esters is 1. The molecule has 0 aliphatic carbocycles. The van der Waals surface area contributed by atoms with E-state index in [9.17, 15) is 32.9 Å². The first-order valence-electron chi connectivity index (χ1n) is 9.09. The van der Waals surface area contributed by atoms with Crippen molar-refractivity contribution in [3.05, 3.63) is 63.2 Å². The number of thioether (sulfide) groups is 1. The number of ether oxygens (including phenoxy) is 1. The molecule has 0 bridgehead atoms. The van der Waals surface area contributed by atoms with E-state index in [2.05, 4.69) is 4.74 Å². The number of carbonyl (C=O) groups excluding carboxylic acids is 2. The fourth-order valence-electron chi connectivity index (χ4n) is 3.15. The summed E-state index contributed by atoms with van der Waals surface area (Å²) in [5.74, 6) is -1.62. The normalized spacial score (nSPS) is 16.3. The molecular weight excluding hydrogens is 437 g/mol. The molecule has 2 aromatic carbocycles. The lowest BCUT2D eigenvalue weighted by atomic mass is 10.1. The molecule has 1 heterocycles. The van der Waals surface area contributed by atoms with E-state index in [4.69, 9.17) is 0 Å². The minimum absolute atomic E-state index is 0.0315. The van der Waals surface area contributed by atoms with Gasteiger partial charge in [-0.3, -0.25) is 14.9 Å². The Kier molecular flexibility index (Phi) is 6.25. The van der Waals surface area contributed by atoms with Crippen LogP contribution < -0.4 is 4.90 Å². The Morgan fingerprint density at radius 1 is 1.19 bits per heavy atom. The molecule has 1 atom stereocenters. The maximum atomic E-state index is 13.3. The van der Waals surface area contributed by atoms with E-state index >= 15 is 0 Å². The van der Waals surface area contributed by atoms with E-state index in [-0.39, 0.29) is 28.6 Å². The summed E-state index contributed by atoms with van der Waals surface area (Å²) in [7, 11) is 1.09. The van der Waals surface area contributed by atoms with Gasteiger partial charge >= 0.3 is 12.1 Å². The molecule has 1 aliphatic heterocycles. The molecule has 0 radical (unpaired) electrons. The number of non-ortho nitro benzene ring substituents is 1. The molecule has 1 amide bonds. The Labute approximate surface area is 179 Å². The number of nitrogens with zero attached hydrogens (tertiary/aromatic N) is 2. The van der Waals surface area contributed by atoms with Gasteiger partial charge in [0.2, 0.25) is 0 Å². The average molecular weight is 454 g/mol. The van der Waals surface area contributed by atoms with E-state index < -0.39 is 34.2 Å². The van der Waals surface area contributed by atoms with E-state index in [1.54, 1.807) is 0 Å². The van der Waals surface area contributed by atoms with E-state index in [1.165, 1.54) is 22.7 Å². The van der Waals surface area contributed by atoms with Crippen molar-refractivity contribution in [2.24, 2.45) is 0 Å². The number of benzene rings is 2. The highest BCUT2D eigenvalue weighted by atomic mass is 32.2. The molecule has 11 heteroatoms. The summed E-state index contributed by atoms with van der Waals surface area (Å²) < 4.78 is 44.4. The van der Waals surface area contributed by atoms with Crippen molar-refractivity contribution >= 4 is 35.0 Å². The predicted molar refractivity (Wildman–Crippen MR) is 107 cm³/mol. The van der Waals surface area contributed by atoms with Crippen LogP contribution in [-0.2, 0) is 10.9 Å². The molecule has 0 N–H and O–H groups in total. The first-order valence-corrected chi connectivity index (χ1v) is 9.96. The maximum absolute atomic E-state index is 13.3. The average Bonchev–Trinajstić information content (AvgIpc) is 2.89. The second kappa shape index (κ2) is 8.58. The van der Waals surface area contributed by atoms with Gasteiger partial charge in [-0.2, -0.15) is 13.2 Å². The number of nitro groups is 1. The first-order chi connectivity index (χ1) is 14.5. The number of halogens is 3. The third-order valence-electron chi connectivity index (χ3n) is 4.71. The predicted octanol–water partition coefficient (Wildman–Crippen LogP) is 4.93. The highest BCUT2D eigenvalue weighted by Gasteiger charge is 2.34. The van der Waals surface area contributed by atoms with Crippen LogP contribution in [0.1, 0.15) is 39.6 Å². The SMILES string of the molecule is COC(=O)c1cc(C(=O)N2CCC(C)Sc3ccc(C(F)(F)F)cc32)cc([N+](=O)[O-])c1. The molecule has 1 aliphatic rings. The standard InChI is InChI=1S/C20H17F3N2O5S/c1-11-5-6-24(16-10-14(20(21,22)23)3-4-17(16)31-11)18(26)12-7-13(19(27)30-2)9-15(8-12)25(28)29/h3-4,7-11H,5-6H2,1-2H3. The van der Waals surface area contributed by atoms with Crippen LogP contribution in [0.3, 0.4) is 0 Å². The van der Waals surface area contributed by atoms with Crippen molar-refractivity contribution in [3.63, 3.8) is 0 Å². The molecule has 31 heavy (non-hydrogen) atoms. The van der Waals surface area contributed by atoms with Crippen molar-refractivity contribution < 1.29 is 32.4 Å². The van der Waals surface area contributed by atoms with Gasteiger partial charge in [-0.15, -0.1) is 11.8 Å². The summed E-state index contributed by atoms with van der Waals surface area (Å²) in [5, 5.41) is 11.3. The summed E-state index contributed by atoms with van der Waals surface area (Å²) in [6.07, 6.45) is -4.11. The number of alkyl halides is 3. The number of hydrogen-bond acceptors (Lipinski definition) is 6. The van der Waals surface area contributed by atoms with Crippen LogP contribution in [0, 0.1) is 10.1 Å². The van der Waals surface area contributed by atoms with Gasteiger partial charge in [0, 0.05) is 34.4 Å². The van der Waals surface area contributed by atoms with Gasteiger partial charge in [-0.05, 0) is 30.7 Å². The van der Waals surface area contributed by atoms with Gasteiger partial charge in [0.15, 0.2) is 0 Å². The van der Waals surface area contributed by atoms with E-state index in [1.807, 2.05) is 6.92 Å². The van der Waals surface area contributed by atoms with Crippen molar-refractivity contribution in [2.75, 3.05) is 18.6 Å². The van der Waals surface area contributed by atoms with Gasteiger partial charge in [0.05, 0.1) is 28.8 Å². The lowest BCUT2D eigenvalue weighted by molar-refractivity contribution is -0.384. The molecule has 0 spiro atoms. The topological polar surface area (TPSA) is 89.8 Å². The van der Waals surface area contributed by atoms with Crippen LogP contribution in [0.25, 0.3) is 0 Å². The van der Waals surface area contributed by atoms with Crippen molar-refractivity contribution in [1.29, 1.82) is 0 Å². The highest BCUT2D eigenvalue weighted by molar-refractivity contribution is 8.00. The van der Waals surface area contributed by atoms with Gasteiger partial charge in [0.1, 0.15) is 0 Å². The number of fused-ring (bicyclic) bond motifs is 1. The minimum Gasteiger partial charge on any atom is -0.465 e.